The van der Waals surface area contributed by atoms with Gasteiger partial charge in [-0.05, 0) is 261 Å². The van der Waals surface area contributed by atoms with E-state index in [2.05, 4.69) is 153 Å². The van der Waals surface area contributed by atoms with Crippen LogP contribution >= 0.6 is 34.0 Å². The molecule has 6 aromatic heterocycles. The van der Waals surface area contributed by atoms with Crippen LogP contribution in [0.15, 0.2) is 165 Å². The number of benzene rings is 3. The summed E-state index contributed by atoms with van der Waals surface area (Å²) in [5.74, 6) is 6.79. The Morgan fingerprint density at radius 2 is 0.695 bits per heavy atom. The van der Waals surface area contributed by atoms with Crippen molar-refractivity contribution in [3.8, 4) is 34.2 Å². The van der Waals surface area contributed by atoms with Crippen molar-refractivity contribution < 1.29 is 47.1 Å². The summed E-state index contributed by atoms with van der Waals surface area (Å²) in [6, 6.07) is 31.7. The van der Waals surface area contributed by atoms with Gasteiger partial charge in [0.15, 0.2) is 17.5 Å². The van der Waals surface area contributed by atoms with Crippen molar-refractivity contribution in [1.29, 1.82) is 0 Å². The fourth-order valence-electron chi connectivity index (χ4n) is 20.7. The molecule has 7 heterocycles. The van der Waals surface area contributed by atoms with Crippen molar-refractivity contribution in [3.05, 3.63) is 227 Å². The minimum Gasteiger partial charge on any atom is -0.481 e. The Labute approximate surface area is 847 Å². The van der Waals surface area contributed by atoms with Gasteiger partial charge in [0.1, 0.15) is 18.1 Å². The van der Waals surface area contributed by atoms with Gasteiger partial charge in [0.25, 0.3) is 23.6 Å². The Kier molecular flexibility index (Phi) is 36.7. The summed E-state index contributed by atoms with van der Waals surface area (Å²) in [7, 11) is -3.81. The lowest BCUT2D eigenvalue weighted by Crippen LogP contribution is -2.49. The van der Waals surface area contributed by atoms with Crippen molar-refractivity contribution in [2.75, 3.05) is 32.4 Å². The number of carboxylic acid groups (broad SMARTS) is 1. The Morgan fingerprint density at radius 3 is 0.957 bits per heavy atom. The molecule has 3 aromatic carbocycles. The molecule has 0 bridgehead atoms. The third-order valence-electron chi connectivity index (χ3n) is 29.8. The molecule has 16 rings (SSSR count). The van der Waals surface area contributed by atoms with E-state index in [0.717, 1.165) is 176 Å². The average Bonchev–Trinajstić information content (AvgIpc) is 1.34. The molecule has 1 aliphatic heterocycles. The number of sulfonamides is 1. The Balaban J connectivity index is 0.000000168. The standard InChI is InChI=1S/C40H53N5O2S.C38H48N4O4S.C36H46N4O4S2/c1-26-5-9-29(10-6-26)30-13-15-31(16-14-30)33-24-42-37(43-25-33)32-11-7-27(8-12-32)21-34(38(46)44-23-28-19-20-41-22-28)45-39(47)35-17-18-36(48-35)40(2,3)4;1-24-5-9-26(10-6-24)27-13-15-28(16-14-27)30-22-40-35(41-23-30)29-11-7-25(8-12-29)21-31(36(45)39-20-19-34(43)44)42-37(46)32-17-18-33(47-32)38(2,3)4;1-23-6-10-25(11-7-23)26-14-16-27(17-15-26)29-21-37-33(38-22-29)28-12-8-24(9-13-28)20-30(34(41)40-46(5,43)44)39-35(42)31-18-19-32(45-31)36(2,3)4/h7-8,11-12,15,17-18,24-26,28-30,34,41H,5-6,9-10,13-14,16,19-23H2,1-4H3,(H,44,46)(H,45,47);7-8,11-12,15,17-18,22-24,26-27,31H,5-6,9-10,13-14,16,19-21H2,1-4H3,(H,39,45)(H,42,46)(H,43,44);8-9,12-13,16,18-19,21-23,25-26,30H,6-7,10-11,14-15,17,20H2,1-5H3,(H,39,42)(H,40,41)/t26?,28?,29?,30?,34-;24?,26?,27?,31-;23?,25?,26?,30-/m000/s1. The number of nitrogens with one attached hydrogen (secondary N) is 7. The molecule has 7 aliphatic rings. The van der Waals surface area contributed by atoms with Crippen molar-refractivity contribution in [3.63, 3.8) is 0 Å². The highest BCUT2D eigenvalue weighted by molar-refractivity contribution is 7.89. The molecule has 9 aromatic rings. The number of aromatic nitrogens is 6. The van der Waals surface area contributed by atoms with Gasteiger partial charge in [0.2, 0.25) is 21.8 Å². The van der Waals surface area contributed by atoms with Crippen molar-refractivity contribution >= 4 is 102 Å². The lowest BCUT2D eigenvalue weighted by Gasteiger charge is -2.34. The summed E-state index contributed by atoms with van der Waals surface area (Å²) in [5.41, 5.74) is 12.3. The SMILES string of the molecule is CC1CCC(C2CC=C(c3cnc(-c4ccc(C[C@H](NC(=O)c5ccc(C(C)(C)C)s5)C(=O)NCC5CCNC5)cc4)nc3)CC2)CC1.CC1CCC(C2CC=C(c3cnc(-c4ccc(C[C@H](NC(=O)c5ccc(C(C)(C)C)s5)C(=O)NCCC(=O)O)cc4)nc3)CC2)CC1.CC1CCC(C2CC=C(c3cnc(-c4ccc(C[C@H](NC(=O)c5ccc(C(C)(C)C)s5)C(=O)NS(C)(=O)=O)cc4)nc3)CC2)CC1. The van der Waals surface area contributed by atoms with E-state index in [-0.39, 0.29) is 59.8 Å². The molecule has 0 radical (unpaired) electrons. The summed E-state index contributed by atoms with van der Waals surface area (Å²) in [5, 5.41) is 26.8. The summed E-state index contributed by atoms with van der Waals surface area (Å²) in [6.45, 7) is 28.5. The van der Waals surface area contributed by atoms with Crippen LogP contribution in [0.2, 0.25) is 0 Å². The van der Waals surface area contributed by atoms with Crippen LogP contribution in [-0.2, 0) is 64.7 Å². The van der Waals surface area contributed by atoms with E-state index in [1.54, 1.807) is 12.1 Å². The summed E-state index contributed by atoms with van der Waals surface area (Å²) < 4.78 is 25.7. The second-order valence-corrected chi connectivity index (χ2v) is 49.0. The molecule has 1 saturated heterocycles. The first-order valence-corrected chi connectivity index (χ1v) is 55.7. The second kappa shape index (κ2) is 48.7. The van der Waals surface area contributed by atoms with Gasteiger partial charge in [-0.2, -0.15) is 0 Å². The predicted molar refractivity (Wildman–Crippen MR) is 568 cm³/mol. The number of aliphatic carboxylic acids is 1. The number of rotatable bonds is 30. The van der Waals surface area contributed by atoms with Crippen LogP contribution in [0, 0.1) is 59.2 Å². The van der Waals surface area contributed by atoms with Gasteiger partial charge in [0.05, 0.1) is 27.3 Å². The normalized spacial score (nSPS) is 21.9. The van der Waals surface area contributed by atoms with Crippen molar-refractivity contribution in [2.24, 2.45) is 59.2 Å². The maximum absolute atomic E-state index is 13.4. The molecule has 4 fully saturated rings. The molecule has 8 N–H and O–H groups in total. The van der Waals surface area contributed by atoms with Crippen LogP contribution in [0.4, 0.5) is 0 Å². The molecule has 23 nitrogen and oxygen atoms in total. The highest BCUT2D eigenvalue weighted by atomic mass is 32.2. The monoisotopic (exact) mass is 1990 g/mol. The van der Waals surface area contributed by atoms with Crippen molar-refractivity contribution in [2.45, 2.75) is 284 Å². The summed E-state index contributed by atoms with van der Waals surface area (Å²) in [6.07, 6.45) is 48.5. The fraction of sp³-hybridized carbons (Fsp3) is 0.518. The lowest BCUT2D eigenvalue weighted by molar-refractivity contribution is -0.137. The van der Waals surface area contributed by atoms with Gasteiger partial charge >= 0.3 is 5.97 Å². The Morgan fingerprint density at radius 1 is 0.390 bits per heavy atom. The average molecular weight is 1990 g/mol. The molecule has 27 heteroatoms. The minimum absolute atomic E-state index is 0.0165. The van der Waals surface area contributed by atoms with Crippen LogP contribution in [-0.4, -0.2) is 135 Å². The fourth-order valence-corrected chi connectivity index (χ4v) is 24.2. The van der Waals surface area contributed by atoms with Crippen LogP contribution in [0.5, 0.6) is 0 Å². The number of thiophene rings is 3. The zero-order valence-corrected chi connectivity index (χ0v) is 88.0. The van der Waals surface area contributed by atoms with Crippen LogP contribution in [0.1, 0.15) is 308 Å². The number of hydrogen-bond acceptors (Lipinski definition) is 19. The number of carbonyl (C=O) groups is 7. The minimum atomic E-state index is -3.81. The van der Waals surface area contributed by atoms with Gasteiger partial charge < -0.3 is 37.0 Å². The van der Waals surface area contributed by atoms with Crippen LogP contribution in [0.25, 0.3) is 50.9 Å². The van der Waals surface area contributed by atoms with Gasteiger partial charge in [-0.1, -0.05) is 213 Å². The number of carboxylic acids is 1. The smallest absolute Gasteiger partial charge is 0.305 e. The highest BCUT2D eigenvalue weighted by Crippen LogP contribution is 2.46. The predicted octanol–water partition coefficient (Wildman–Crippen LogP) is 22.0. The van der Waals surface area contributed by atoms with Gasteiger partial charge in [-0.3, -0.25) is 38.3 Å². The number of nitrogens with zero attached hydrogens (tertiary/aromatic N) is 6. The quantitative estimate of drug-likeness (QED) is 0.0207. The number of amides is 6. The lowest BCUT2D eigenvalue weighted by atomic mass is 9.71. The highest BCUT2D eigenvalue weighted by Gasteiger charge is 2.35. The molecule has 7 atom stereocenters. The zero-order chi connectivity index (χ0) is 100. The second-order valence-electron chi connectivity index (χ2n) is 44.0. The first-order chi connectivity index (χ1) is 67.3. The van der Waals surface area contributed by atoms with E-state index in [9.17, 15) is 42.0 Å². The van der Waals surface area contributed by atoms with Gasteiger partial charge in [0, 0.05) is 118 Å². The Bertz CT molecular complexity index is 5940. The molecular formula is C114H147N13O10S4. The number of hydrogen-bond donors (Lipinski definition) is 8. The van der Waals surface area contributed by atoms with E-state index in [1.165, 1.54) is 153 Å². The Hall–Kier alpha value is -10.6. The van der Waals surface area contributed by atoms with Crippen molar-refractivity contribution in [1.82, 2.24) is 66.5 Å². The van der Waals surface area contributed by atoms with E-state index in [1.807, 2.05) is 139 Å². The third kappa shape index (κ3) is 30.7. The zero-order valence-electron chi connectivity index (χ0n) is 84.7. The van der Waals surface area contributed by atoms with Crippen LogP contribution < -0.4 is 36.6 Å². The first-order valence-electron chi connectivity index (χ1n) is 51.4. The molecule has 3 saturated carbocycles. The van der Waals surface area contributed by atoms with E-state index < -0.39 is 51.8 Å². The largest absolute Gasteiger partial charge is 0.481 e. The maximum atomic E-state index is 13.4. The molecule has 0 spiro atoms. The first kappa shape index (κ1) is 106. The molecule has 141 heavy (non-hydrogen) atoms. The van der Waals surface area contributed by atoms with Gasteiger partial charge in [-0.25, -0.2) is 38.3 Å². The maximum Gasteiger partial charge on any atom is 0.305 e. The van der Waals surface area contributed by atoms with E-state index in [0.29, 0.717) is 51.0 Å². The summed E-state index contributed by atoms with van der Waals surface area (Å²) >= 11 is 4.25. The molecule has 6 amide bonds. The van der Waals surface area contributed by atoms with Crippen LogP contribution in [0.3, 0.4) is 0 Å². The molecular weight excluding hydrogens is 1840 g/mol. The topological polar surface area (TPSA) is 335 Å². The van der Waals surface area contributed by atoms with E-state index in [4.69, 9.17) is 15.1 Å². The number of allylic oxidation sites excluding steroid dienone is 6. The molecule has 6 aliphatic carbocycles. The van der Waals surface area contributed by atoms with Gasteiger partial charge in [-0.15, -0.1) is 34.0 Å². The third-order valence-corrected chi connectivity index (χ3v) is 34.9. The molecule has 4 unspecified atom stereocenters. The summed E-state index contributed by atoms with van der Waals surface area (Å²) in [4.78, 5) is 123. The number of carbonyl (C=O) groups excluding carboxylic acids is 6. The molecule has 752 valence electrons. The van der Waals surface area contributed by atoms with E-state index >= 15 is 0 Å².